The van der Waals surface area contributed by atoms with E-state index in [1.807, 2.05) is 49.4 Å². The predicted molar refractivity (Wildman–Crippen MR) is 104 cm³/mol. The first-order chi connectivity index (χ1) is 12.5. The van der Waals surface area contributed by atoms with Crippen LogP contribution in [0.4, 0.5) is 5.69 Å². The highest BCUT2D eigenvalue weighted by Gasteiger charge is 2.13. The molecule has 0 aromatic heterocycles. The second-order valence-corrected chi connectivity index (χ2v) is 6.18. The highest BCUT2D eigenvalue weighted by Crippen LogP contribution is 2.23. The van der Waals surface area contributed by atoms with Gasteiger partial charge in [0.2, 0.25) is 5.91 Å². The van der Waals surface area contributed by atoms with Crippen LogP contribution in [0.5, 0.6) is 0 Å². The molecule has 0 spiro atoms. The lowest BCUT2D eigenvalue weighted by Gasteiger charge is -2.10. The molecule has 0 heterocycles. The molecule has 0 saturated heterocycles. The fourth-order valence-corrected chi connectivity index (χ4v) is 2.89. The molecule has 0 radical (unpaired) electrons. The van der Waals surface area contributed by atoms with Crippen LogP contribution in [-0.2, 0) is 4.79 Å². The maximum absolute atomic E-state index is 12.4. The van der Waals surface area contributed by atoms with Crippen molar-refractivity contribution in [1.82, 2.24) is 0 Å². The topological polar surface area (TPSA) is 66.4 Å². The summed E-state index contributed by atoms with van der Waals surface area (Å²) in [6.45, 7) is 3.63. The Bertz CT molecular complexity index is 1030. The highest BCUT2D eigenvalue weighted by atomic mass is 16.4. The van der Waals surface area contributed by atoms with Gasteiger partial charge < -0.3 is 10.4 Å². The van der Waals surface area contributed by atoms with Crippen molar-refractivity contribution in [1.29, 1.82) is 0 Å². The van der Waals surface area contributed by atoms with E-state index in [4.69, 9.17) is 0 Å². The van der Waals surface area contributed by atoms with Gasteiger partial charge in [0.15, 0.2) is 0 Å². The Morgan fingerprint density at radius 1 is 0.962 bits per heavy atom. The van der Waals surface area contributed by atoms with Crippen molar-refractivity contribution in [2.75, 3.05) is 5.32 Å². The van der Waals surface area contributed by atoms with Crippen molar-refractivity contribution in [3.63, 3.8) is 0 Å². The molecule has 4 nitrogen and oxygen atoms in total. The molecule has 1 amide bonds. The number of anilines is 1. The zero-order valence-electron chi connectivity index (χ0n) is 14.6. The number of carbonyl (C=O) groups is 2. The van der Waals surface area contributed by atoms with Crippen LogP contribution in [0.25, 0.3) is 16.3 Å². The van der Waals surface area contributed by atoms with Crippen molar-refractivity contribution in [3.8, 4) is 0 Å². The normalized spacial score (nSPS) is 11.4. The molecule has 0 saturated carbocycles. The predicted octanol–water partition coefficient (Wildman–Crippen LogP) is 4.89. The lowest BCUT2D eigenvalue weighted by Crippen LogP contribution is -2.13. The van der Waals surface area contributed by atoms with Gasteiger partial charge in [-0.05, 0) is 53.5 Å². The molecule has 0 unspecified atom stereocenters. The van der Waals surface area contributed by atoms with Gasteiger partial charge in [-0.2, -0.15) is 0 Å². The first-order valence-corrected chi connectivity index (χ1v) is 8.27. The average Bonchev–Trinajstić information content (AvgIpc) is 2.62. The summed E-state index contributed by atoms with van der Waals surface area (Å²) in [6, 6.07) is 18.9. The van der Waals surface area contributed by atoms with Gasteiger partial charge in [0.05, 0.1) is 11.3 Å². The summed E-state index contributed by atoms with van der Waals surface area (Å²) in [5.74, 6) is -1.42. The Balaban J connectivity index is 1.87. The molecule has 2 N–H and O–H groups in total. The minimum absolute atomic E-state index is 0.0788. The molecule has 130 valence electrons. The number of rotatable bonds is 4. The minimum Gasteiger partial charge on any atom is -0.478 e. The van der Waals surface area contributed by atoms with Crippen molar-refractivity contribution < 1.29 is 14.7 Å². The molecular formula is C22H19NO3. The summed E-state index contributed by atoms with van der Waals surface area (Å²) in [4.78, 5) is 23.8. The summed E-state index contributed by atoms with van der Waals surface area (Å²) >= 11 is 0. The molecule has 4 heteroatoms. The number of hydrogen-bond acceptors (Lipinski definition) is 2. The molecular weight excluding hydrogens is 326 g/mol. The Hall–Kier alpha value is -3.40. The molecule has 0 aliphatic rings. The van der Waals surface area contributed by atoms with Gasteiger partial charge in [-0.3, -0.25) is 4.79 Å². The molecule has 0 aliphatic heterocycles. The van der Waals surface area contributed by atoms with Crippen LogP contribution in [0.1, 0.15) is 28.4 Å². The summed E-state index contributed by atoms with van der Waals surface area (Å²) in [6.07, 6.45) is 1.49. The van der Waals surface area contributed by atoms with Gasteiger partial charge in [-0.15, -0.1) is 0 Å². The van der Waals surface area contributed by atoms with Gasteiger partial charge in [-0.25, -0.2) is 4.79 Å². The van der Waals surface area contributed by atoms with E-state index in [9.17, 15) is 14.7 Å². The van der Waals surface area contributed by atoms with Gasteiger partial charge in [0.25, 0.3) is 0 Å². The van der Waals surface area contributed by atoms with Crippen LogP contribution in [0.2, 0.25) is 0 Å². The Morgan fingerprint density at radius 2 is 1.69 bits per heavy atom. The molecule has 3 rings (SSSR count). The van der Waals surface area contributed by atoms with Crippen molar-refractivity contribution in [2.45, 2.75) is 13.8 Å². The Labute approximate surface area is 151 Å². The molecule has 26 heavy (non-hydrogen) atoms. The van der Waals surface area contributed by atoms with E-state index < -0.39 is 5.97 Å². The fraction of sp³-hybridized carbons (Fsp3) is 0.0909. The highest BCUT2D eigenvalue weighted by molar-refractivity contribution is 6.08. The van der Waals surface area contributed by atoms with Gasteiger partial charge in [0.1, 0.15) is 0 Å². The third kappa shape index (κ3) is 3.64. The van der Waals surface area contributed by atoms with Gasteiger partial charge >= 0.3 is 5.97 Å². The van der Waals surface area contributed by atoms with Crippen LogP contribution in [0.15, 0.2) is 66.7 Å². The van der Waals surface area contributed by atoms with Crippen LogP contribution in [0.3, 0.4) is 0 Å². The van der Waals surface area contributed by atoms with Gasteiger partial charge in [-0.1, -0.05) is 48.5 Å². The number of carboxylic acid groups (broad SMARTS) is 1. The fourth-order valence-electron chi connectivity index (χ4n) is 2.89. The van der Waals surface area contributed by atoms with Gasteiger partial charge in [0, 0.05) is 6.08 Å². The number of amides is 1. The number of benzene rings is 3. The zero-order valence-corrected chi connectivity index (χ0v) is 14.6. The SMILES string of the molecule is C/C(=C/C(=O)Nc1c(C)cccc1C(=O)O)c1ccc2ccccc2c1. The number of para-hydroxylation sites is 1. The molecule has 0 aliphatic carbocycles. The number of carboxylic acids is 1. The zero-order chi connectivity index (χ0) is 18.7. The van der Waals surface area contributed by atoms with Crippen LogP contribution >= 0.6 is 0 Å². The summed E-state index contributed by atoms with van der Waals surface area (Å²) in [5.41, 5.74) is 2.86. The molecule has 3 aromatic rings. The van der Waals surface area contributed by atoms with Crippen LogP contribution in [-0.4, -0.2) is 17.0 Å². The number of aryl methyl sites for hydroxylation is 1. The van der Waals surface area contributed by atoms with Crippen molar-refractivity contribution in [3.05, 3.63) is 83.4 Å². The molecule has 0 atom stereocenters. The van der Waals surface area contributed by atoms with Crippen molar-refractivity contribution >= 4 is 33.9 Å². The van der Waals surface area contributed by atoms with E-state index in [1.54, 1.807) is 19.1 Å². The first kappa shape index (κ1) is 17.4. The quantitative estimate of drug-likeness (QED) is 0.662. The Kier molecular flexibility index (Phi) is 4.85. The second kappa shape index (κ2) is 7.23. The number of fused-ring (bicyclic) bond motifs is 1. The maximum Gasteiger partial charge on any atom is 0.337 e. The molecule has 3 aromatic carbocycles. The van der Waals surface area contributed by atoms with E-state index in [0.717, 1.165) is 21.9 Å². The smallest absolute Gasteiger partial charge is 0.337 e. The van der Waals surface area contributed by atoms with E-state index in [1.165, 1.54) is 12.1 Å². The summed E-state index contributed by atoms with van der Waals surface area (Å²) in [5, 5.41) is 14.2. The third-order valence-electron chi connectivity index (χ3n) is 4.30. The Morgan fingerprint density at radius 3 is 2.42 bits per heavy atom. The van der Waals surface area contributed by atoms with E-state index >= 15 is 0 Å². The monoisotopic (exact) mass is 345 g/mol. The van der Waals surface area contributed by atoms with E-state index in [0.29, 0.717) is 11.3 Å². The standard InChI is InChI=1S/C22H19NO3/c1-14-6-5-9-19(22(25)26)21(14)23-20(24)12-15(2)17-11-10-16-7-3-4-8-18(16)13-17/h3-13H,1-2H3,(H,23,24)(H,25,26)/b15-12-. The first-order valence-electron chi connectivity index (χ1n) is 8.27. The number of allylic oxidation sites excluding steroid dienone is 1. The van der Waals surface area contributed by atoms with E-state index in [2.05, 4.69) is 5.32 Å². The third-order valence-corrected chi connectivity index (χ3v) is 4.30. The number of carbonyl (C=O) groups excluding carboxylic acids is 1. The van der Waals surface area contributed by atoms with Crippen LogP contribution in [0, 0.1) is 6.92 Å². The second-order valence-electron chi connectivity index (χ2n) is 6.18. The van der Waals surface area contributed by atoms with Crippen molar-refractivity contribution in [2.24, 2.45) is 0 Å². The van der Waals surface area contributed by atoms with E-state index in [-0.39, 0.29) is 11.5 Å². The lowest BCUT2D eigenvalue weighted by molar-refractivity contribution is -0.111. The number of aromatic carboxylic acids is 1. The summed E-state index contributed by atoms with van der Waals surface area (Å²) in [7, 11) is 0. The van der Waals surface area contributed by atoms with Crippen LogP contribution < -0.4 is 5.32 Å². The largest absolute Gasteiger partial charge is 0.478 e. The molecule has 0 bridgehead atoms. The maximum atomic E-state index is 12.4. The average molecular weight is 345 g/mol. The lowest BCUT2D eigenvalue weighted by atomic mass is 10.0. The summed E-state index contributed by atoms with van der Waals surface area (Å²) < 4.78 is 0. The molecule has 0 fully saturated rings. The number of nitrogens with one attached hydrogen (secondary N) is 1. The number of hydrogen-bond donors (Lipinski definition) is 2. The minimum atomic E-state index is -1.07.